The van der Waals surface area contributed by atoms with E-state index in [0.29, 0.717) is 9.34 Å². The van der Waals surface area contributed by atoms with E-state index < -0.39 is 11.9 Å². The Hall–Kier alpha value is -0.610. The van der Waals surface area contributed by atoms with E-state index in [1.54, 1.807) is 6.92 Å². The second-order valence-electron chi connectivity index (χ2n) is 2.08. The highest BCUT2D eigenvalue weighted by atomic mass is 35.5. The molecule has 1 atom stereocenters. The molecule has 60 valence electrons. The monoisotopic (exact) mass is 191 g/mol. The fourth-order valence-corrected chi connectivity index (χ4v) is 1.59. The van der Waals surface area contributed by atoms with E-state index in [4.69, 9.17) is 16.7 Å². The van der Waals surface area contributed by atoms with Crippen molar-refractivity contribution in [1.29, 1.82) is 0 Å². The van der Waals surface area contributed by atoms with Gasteiger partial charge in [-0.15, -0.1) is 11.3 Å². The van der Waals surface area contributed by atoms with Crippen molar-refractivity contribution in [2.45, 2.75) is 12.8 Å². The minimum Gasteiger partial charge on any atom is -0.481 e. The Morgan fingerprint density at radius 2 is 2.55 bits per heavy atom. The summed E-state index contributed by atoms with van der Waals surface area (Å²) in [6, 6.07) is 0. The zero-order valence-electron chi connectivity index (χ0n) is 5.74. The van der Waals surface area contributed by atoms with Crippen LogP contribution in [0.1, 0.15) is 17.7 Å². The molecule has 0 radical (unpaired) electrons. The van der Waals surface area contributed by atoms with Crippen LogP contribution in [0.15, 0.2) is 6.20 Å². The largest absolute Gasteiger partial charge is 0.481 e. The number of rotatable bonds is 2. The molecule has 3 nitrogen and oxygen atoms in total. The Kier molecular flexibility index (Phi) is 2.46. The topological polar surface area (TPSA) is 50.2 Å². The lowest BCUT2D eigenvalue weighted by molar-refractivity contribution is -0.138. The first-order valence-electron chi connectivity index (χ1n) is 2.95. The van der Waals surface area contributed by atoms with Crippen LogP contribution in [0.4, 0.5) is 0 Å². The lowest BCUT2D eigenvalue weighted by Crippen LogP contribution is -2.05. The summed E-state index contributed by atoms with van der Waals surface area (Å²) in [7, 11) is 0. The third-order valence-corrected chi connectivity index (χ3v) is 2.59. The number of halogens is 1. The number of hydrogen-bond donors (Lipinski definition) is 1. The van der Waals surface area contributed by atoms with Crippen LogP contribution in [0, 0.1) is 0 Å². The van der Waals surface area contributed by atoms with Crippen LogP contribution in [-0.4, -0.2) is 16.1 Å². The van der Waals surface area contributed by atoms with E-state index >= 15 is 0 Å². The molecule has 0 aromatic carbocycles. The molecule has 0 fully saturated rings. The molecule has 0 spiro atoms. The first-order valence-corrected chi connectivity index (χ1v) is 4.14. The second-order valence-corrected chi connectivity index (χ2v) is 3.72. The molecule has 1 aromatic heterocycles. The van der Waals surface area contributed by atoms with Crippen LogP contribution < -0.4 is 0 Å². The van der Waals surface area contributed by atoms with Gasteiger partial charge in [0.25, 0.3) is 0 Å². The second kappa shape index (κ2) is 3.19. The minimum absolute atomic E-state index is 0.383. The molecule has 0 aliphatic carbocycles. The van der Waals surface area contributed by atoms with Crippen LogP contribution in [0.3, 0.4) is 0 Å². The summed E-state index contributed by atoms with van der Waals surface area (Å²) in [4.78, 5) is 14.9. The lowest BCUT2D eigenvalue weighted by atomic mass is 10.2. The van der Waals surface area contributed by atoms with Crippen molar-refractivity contribution in [3.05, 3.63) is 15.5 Å². The molecule has 0 bridgehead atoms. The van der Waals surface area contributed by atoms with Gasteiger partial charge in [-0.2, -0.15) is 0 Å². The molecule has 5 heteroatoms. The van der Waals surface area contributed by atoms with Crippen LogP contribution in [0.2, 0.25) is 4.47 Å². The van der Waals surface area contributed by atoms with Crippen molar-refractivity contribution in [3.63, 3.8) is 0 Å². The minimum atomic E-state index is -0.856. The van der Waals surface area contributed by atoms with E-state index in [2.05, 4.69) is 4.98 Å². The van der Waals surface area contributed by atoms with Gasteiger partial charge in [0.2, 0.25) is 0 Å². The SMILES string of the molecule is CC(C(=O)O)c1cnc(Cl)s1. The standard InChI is InChI=1S/C6H6ClNO2S/c1-3(5(9)10)4-2-8-6(7)11-4/h2-3H,1H3,(H,9,10). The summed E-state index contributed by atoms with van der Waals surface area (Å²) in [6.45, 7) is 1.60. The highest BCUT2D eigenvalue weighted by molar-refractivity contribution is 7.15. The maximum atomic E-state index is 10.4. The predicted octanol–water partition coefficient (Wildman–Crippen LogP) is 1.98. The summed E-state index contributed by atoms with van der Waals surface area (Å²) in [5.41, 5.74) is 0. The number of aromatic nitrogens is 1. The van der Waals surface area contributed by atoms with Gasteiger partial charge < -0.3 is 5.11 Å². The van der Waals surface area contributed by atoms with Gasteiger partial charge in [0.15, 0.2) is 4.47 Å². The fraction of sp³-hybridized carbons (Fsp3) is 0.333. The van der Waals surface area contributed by atoms with Gasteiger partial charge in [-0.25, -0.2) is 4.98 Å². The highest BCUT2D eigenvalue weighted by Gasteiger charge is 2.15. The number of carboxylic acid groups (broad SMARTS) is 1. The Morgan fingerprint density at radius 3 is 2.91 bits per heavy atom. The molecule has 0 aliphatic rings. The van der Waals surface area contributed by atoms with E-state index in [1.165, 1.54) is 17.5 Å². The first kappa shape index (κ1) is 8.49. The Morgan fingerprint density at radius 1 is 1.91 bits per heavy atom. The third kappa shape index (κ3) is 1.91. The molecule has 0 saturated carbocycles. The number of thiazole rings is 1. The fourth-order valence-electron chi connectivity index (χ4n) is 0.586. The van der Waals surface area contributed by atoms with Gasteiger partial charge in [-0.3, -0.25) is 4.79 Å². The molecule has 0 saturated heterocycles. The summed E-state index contributed by atoms with van der Waals surface area (Å²) in [5, 5.41) is 8.58. The number of carboxylic acids is 1. The number of carbonyl (C=O) groups is 1. The molecule has 1 unspecified atom stereocenters. The van der Waals surface area contributed by atoms with Crippen molar-refractivity contribution in [2.24, 2.45) is 0 Å². The smallest absolute Gasteiger partial charge is 0.311 e. The van der Waals surface area contributed by atoms with Crippen molar-refractivity contribution in [2.75, 3.05) is 0 Å². The molecule has 1 aromatic rings. The zero-order chi connectivity index (χ0) is 8.43. The first-order chi connectivity index (χ1) is 5.11. The Balaban J connectivity index is 2.84. The van der Waals surface area contributed by atoms with Gasteiger partial charge in [0.1, 0.15) is 0 Å². The quantitative estimate of drug-likeness (QED) is 0.778. The number of aliphatic carboxylic acids is 1. The van der Waals surface area contributed by atoms with E-state index in [1.807, 2.05) is 0 Å². The van der Waals surface area contributed by atoms with Crippen LogP contribution >= 0.6 is 22.9 Å². The molecular weight excluding hydrogens is 186 g/mol. The molecule has 0 amide bonds. The summed E-state index contributed by atoms with van der Waals surface area (Å²) in [6.07, 6.45) is 1.49. The van der Waals surface area contributed by atoms with Crippen LogP contribution in [-0.2, 0) is 4.79 Å². The van der Waals surface area contributed by atoms with Gasteiger partial charge in [0.05, 0.1) is 5.92 Å². The van der Waals surface area contributed by atoms with Crippen molar-refractivity contribution in [3.8, 4) is 0 Å². The van der Waals surface area contributed by atoms with E-state index in [9.17, 15) is 4.79 Å². The van der Waals surface area contributed by atoms with Crippen molar-refractivity contribution >= 4 is 28.9 Å². The molecule has 1 N–H and O–H groups in total. The Bertz CT molecular complexity index is 273. The van der Waals surface area contributed by atoms with Crippen molar-refractivity contribution < 1.29 is 9.90 Å². The molecular formula is C6H6ClNO2S. The molecule has 11 heavy (non-hydrogen) atoms. The summed E-state index contributed by atoms with van der Waals surface area (Å²) in [5.74, 6) is -1.37. The normalized spacial score (nSPS) is 12.9. The van der Waals surface area contributed by atoms with E-state index in [0.717, 1.165) is 0 Å². The van der Waals surface area contributed by atoms with E-state index in [-0.39, 0.29) is 0 Å². The summed E-state index contributed by atoms with van der Waals surface area (Å²) < 4.78 is 0.383. The van der Waals surface area contributed by atoms with Gasteiger partial charge in [-0.05, 0) is 6.92 Å². The predicted molar refractivity (Wildman–Crippen MR) is 43.2 cm³/mol. The average molecular weight is 192 g/mol. The molecule has 1 rings (SSSR count). The van der Waals surface area contributed by atoms with Gasteiger partial charge >= 0.3 is 5.97 Å². The maximum Gasteiger partial charge on any atom is 0.311 e. The average Bonchev–Trinajstić information content (AvgIpc) is 2.34. The molecule has 1 heterocycles. The van der Waals surface area contributed by atoms with Crippen LogP contribution in [0.25, 0.3) is 0 Å². The van der Waals surface area contributed by atoms with Crippen LogP contribution in [0.5, 0.6) is 0 Å². The summed E-state index contributed by atoms with van der Waals surface area (Å²) >= 11 is 6.72. The third-order valence-electron chi connectivity index (χ3n) is 1.29. The lowest BCUT2D eigenvalue weighted by Gasteiger charge is -1.98. The maximum absolute atomic E-state index is 10.4. The van der Waals surface area contributed by atoms with Crippen molar-refractivity contribution in [1.82, 2.24) is 4.98 Å². The zero-order valence-corrected chi connectivity index (χ0v) is 7.32. The van der Waals surface area contributed by atoms with Gasteiger partial charge in [0, 0.05) is 11.1 Å². The highest BCUT2D eigenvalue weighted by Crippen LogP contribution is 2.25. The number of hydrogen-bond acceptors (Lipinski definition) is 3. The Labute approximate surface area is 72.6 Å². The molecule has 0 aliphatic heterocycles. The number of nitrogens with zero attached hydrogens (tertiary/aromatic N) is 1. The van der Waals surface area contributed by atoms with Gasteiger partial charge in [-0.1, -0.05) is 11.6 Å².